The fourth-order valence-corrected chi connectivity index (χ4v) is 5.46. The van der Waals surface area contributed by atoms with Crippen molar-refractivity contribution < 1.29 is 31.8 Å². The predicted octanol–water partition coefficient (Wildman–Crippen LogP) is 3.60. The second-order valence-corrected chi connectivity index (χ2v) is 8.61. The normalized spacial score (nSPS) is 31.0. The highest BCUT2D eigenvalue weighted by atomic mass is 32.1. The Morgan fingerprint density at radius 3 is 2.50 bits per heavy atom. The van der Waals surface area contributed by atoms with E-state index in [0.29, 0.717) is 24.8 Å². The van der Waals surface area contributed by atoms with Gasteiger partial charge in [0, 0.05) is 19.6 Å². The average molecular weight is 446 g/mol. The molecule has 1 saturated heterocycles. The molecular formula is C20H22F4N2O3S. The molecule has 3 aliphatic rings. The molecule has 4 rings (SSSR count). The number of methoxy groups -OCH3 is 1. The van der Waals surface area contributed by atoms with Crippen LogP contribution in [0.3, 0.4) is 0 Å². The van der Waals surface area contributed by atoms with E-state index in [2.05, 4.69) is 10.1 Å². The number of likely N-dealkylation sites (N-methyl/N-ethyl adjacent to an activating group) is 1. The molecule has 10 heteroatoms. The largest absolute Gasteiger partial charge is 0.461 e. The standard InChI is InChI=1S/C20H22F4N2O3S/c1-26-16(27)19(25-17(26)30)14-9-13(29-20(23,24)15(21)22)4-3-11(14)10-18(19)7-5-12(28-2)6-8-18/h3-4,9,12,15H,5-8,10H2,1-2H3,(H,25,30). The van der Waals surface area contributed by atoms with Crippen LogP contribution in [0.5, 0.6) is 5.75 Å². The summed E-state index contributed by atoms with van der Waals surface area (Å²) in [7, 11) is 3.21. The van der Waals surface area contributed by atoms with Gasteiger partial charge in [0.2, 0.25) is 0 Å². The summed E-state index contributed by atoms with van der Waals surface area (Å²) in [6, 6.07) is 4.08. The zero-order valence-electron chi connectivity index (χ0n) is 16.5. The van der Waals surface area contributed by atoms with Crippen LogP contribution < -0.4 is 10.1 Å². The Balaban J connectivity index is 1.80. The van der Waals surface area contributed by atoms with Gasteiger partial charge in [-0.3, -0.25) is 9.69 Å². The number of benzene rings is 1. The highest BCUT2D eigenvalue weighted by Gasteiger charge is 2.66. The van der Waals surface area contributed by atoms with Crippen LogP contribution in [-0.2, 0) is 21.5 Å². The minimum atomic E-state index is -4.63. The Hall–Kier alpha value is -1.94. The van der Waals surface area contributed by atoms with Crippen molar-refractivity contribution in [1.29, 1.82) is 0 Å². The molecule has 5 nitrogen and oxygen atoms in total. The molecule has 2 spiro atoms. The molecule has 0 bridgehead atoms. The minimum absolute atomic E-state index is 0.0844. The molecule has 0 radical (unpaired) electrons. The van der Waals surface area contributed by atoms with Gasteiger partial charge in [0.15, 0.2) is 10.7 Å². The number of carbonyl (C=O) groups excluding carboxylic acids is 1. The smallest absolute Gasteiger partial charge is 0.428 e. The molecule has 1 aromatic carbocycles. The fraction of sp³-hybridized carbons (Fsp3) is 0.600. The lowest BCUT2D eigenvalue weighted by Crippen LogP contribution is -2.56. The number of nitrogens with one attached hydrogen (secondary N) is 1. The van der Waals surface area contributed by atoms with Crippen molar-refractivity contribution in [2.75, 3.05) is 14.2 Å². The van der Waals surface area contributed by atoms with E-state index in [1.165, 1.54) is 17.0 Å². The second kappa shape index (κ2) is 7.05. The SMILES string of the molecule is COC1CCC2(CC1)Cc1ccc(OC(F)(F)C(F)F)cc1C21NC(=S)N(C)C1=O. The topological polar surface area (TPSA) is 50.8 Å². The van der Waals surface area contributed by atoms with Gasteiger partial charge in [0.1, 0.15) is 5.75 Å². The van der Waals surface area contributed by atoms with Gasteiger partial charge in [0.25, 0.3) is 5.91 Å². The summed E-state index contributed by atoms with van der Waals surface area (Å²) in [6.07, 6.45) is -5.17. The Bertz CT molecular complexity index is 889. The number of hydrogen-bond acceptors (Lipinski definition) is 4. The monoisotopic (exact) mass is 446 g/mol. The van der Waals surface area contributed by atoms with Gasteiger partial charge in [-0.25, -0.2) is 0 Å². The van der Waals surface area contributed by atoms with E-state index in [-0.39, 0.29) is 17.1 Å². The van der Waals surface area contributed by atoms with Crippen LogP contribution in [0.15, 0.2) is 18.2 Å². The number of carbonyl (C=O) groups is 1. The molecular weight excluding hydrogens is 424 g/mol. The first kappa shape index (κ1) is 21.3. The van der Waals surface area contributed by atoms with Crippen LogP contribution >= 0.6 is 12.2 Å². The van der Waals surface area contributed by atoms with E-state index in [1.54, 1.807) is 20.2 Å². The van der Waals surface area contributed by atoms with E-state index in [9.17, 15) is 22.4 Å². The minimum Gasteiger partial charge on any atom is -0.428 e. The number of ether oxygens (including phenoxy) is 2. The molecule has 1 amide bonds. The average Bonchev–Trinajstić information content (AvgIpc) is 3.09. The van der Waals surface area contributed by atoms with Crippen molar-refractivity contribution in [3.05, 3.63) is 29.3 Å². The maximum atomic E-state index is 13.5. The highest BCUT2D eigenvalue weighted by Crippen LogP contribution is 2.60. The number of hydrogen-bond donors (Lipinski definition) is 1. The van der Waals surface area contributed by atoms with Crippen LogP contribution in [0.4, 0.5) is 17.6 Å². The third-order valence-corrected chi connectivity index (χ3v) is 7.14. The summed E-state index contributed by atoms with van der Waals surface area (Å²) in [4.78, 5) is 14.8. The van der Waals surface area contributed by atoms with Gasteiger partial charge in [-0.15, -0.1) is 0 Å². The fourth-order valence-electron chi connectivity index (χ4n) is 5.22. The lowest BCUT2D eigenvalue weighted by Gasteiger charge is -2.46. The maximum absolute atomic E-state index is 13.5. The van der Waals surface area contributed by atoms with Gasteiger partial charge in [-0.05, 0) is 67.6 Å². The Labute approximate surface area is 176 Å². The summed E-state index contributed by atoms with van der Waals surface area (Å²) in [5.74, 6) is -0.698. The van der Waals surface area contributed by atoms with Crippen molar-refractivity contribution in [2.45, 2.75) is 56.3 Å². The quantitative estimate of drug-likeness (QED) is 0.566. The highest BCUT2D eigenvalue weighted by molar-refractivity contribution is 7.80. The van der Waals surface area contributed by atoms with Crippen LogP contribution in [0, 0.1) is 5.41 Å². The number of rotatable bonds is 4. The third kappa shape index (κ3) is 2.90. The van der Waals surface area contributed by atoms with E-state index >= 15 is 0 Å². The van der Waals surface area contributed by atoms with Gasteiger partial charge in [0.05, 0.1) is 6.10 Å². The first-order chi connectivity index (χ1) is 14.1. The molecule has 1 unspecified atom stereocenters. The molecule has 1 heterocycles. The molecule has 1 atom stereocenters. The van der Waals surface area contributed by atoms with Crippen molar-refractivity contribution in [3.8, 4) is 5.75 Å². The number of amides is 1. The van der Waals surface area contributed by atoms with E-state index in [4.69, 9.17) is 17.0 Å². The van der Waals surface area contributed by atoms with Crippen molar-refractivity contribution in [1.82, 2.24) is 10.2 Å². The first-order valence-electron chi connectivity index (χ1n) is 9.68. The lowest BCUT2D eigenvalue weighted by atomic mass is 9.61. The van der Waals surface area contributed by atoms with Crippen molar-refractivity contribution in [2.24, 2.45) is 5.41 Å². The molecule has 1 aromatic rings. The van der Waals surface area contributed by atoms with Crippen LogP contribution in [0.2, 0.25) is 0 Å². The van der Waals surface area contributed by atoms with Crippen LogP contribution in [-0.4, -0.2) is 48.7 Å². The summed E-state index contributed by atoms with van der Waals surface area (Å²) in [6.45, 7) is 0. The van der Waals surface area contributed by atoms with Gasteiger partial charge in [-0.2, -0.15) is 17.6 Å². The van der Waals surface area contributed by atoms with E-state index in [1.807, 2.05) is 0 Å². The Morgan fingerprint density at radius 1 is 1.30 bits per heavy atom. The molecule has 2 fully saturated rings. The second-order valence-electron chi connectivity index (χ2n) is 8.22. The van der Waals surface area contributed by atoms with Gasteiger partial charge in [-0.1, -0.05) is 6.07 Å². The number of thiocarbonyl (C=S) groups is 1. The third-order valence-electron chi connectivity index (χ3n) is 6.77. The van der Waals surface area contributed by atoms with Gasteiger partial charge >= 0.3 is 12.5 Å². The number of alkyl halides is 4. The molecule has 1 saturated carbocycles. The zero-order chi connectivity index (χ0) is 21.9. The molecule has 2 aliphatic carbocycles. The van der Waals surface area contributed by atoms with Crippen LogP contribution in [0.25, 0.3) is 0 Å². The van der Waals surface area contributed by atoms with Crippen LogP contribution in [0.1, 0.15) is 36.8 Å². The number of nitrogens with zero attached hydrogens (tertiary/aromatic N) is 1. The predicted molar refractivity (Wildman–Crippen MR) is 104 cm³/mol. The molecule has 1 aliphatic heterocycles. The van der Waals surface area contributed by atoms with E-state index < -0.39 is 29.2 Å². The van der Waals surface area contributed by atoms with Crippen molar-refractivity contribution in [3.63, 3.8) is 0 Å². The maximum Gasteiger partial charge on any atom is 0.461 e. The Morgan fingerprint density at radius 2 is 1.97 bits per heavy atom. The number of fused-ring (bicyclic) bond motifs is 3. The molecule has 0 aromatic heterocycles. The van der Waals surface area contributed by atoms with Gasteiger partial charge < -0.3 is 14.8 Å². The zero-order valence-corrected chi connectivity index (χ0v) is 17.3. The summed E-state index contributed by atoms with van der Waals surface area (Å²) >= 11 is 5.33. The lowest BCUT2D eigenvalue weighted by molar-refractivity contribution is -0.253. The van der Waals surface area contributed by atoms with Crippen molar-refractivity contribution >= 4 is 23.2 Å². The molecule has 164 valence electrons. The van der Waals surface area contributed by atoms with E-state index in [0.717, 1.165) is 18.4 Å². The summed E-state index contributed by atoms with van der Waals surface area (Å²) in [5, 5.41) is 3.41. The summed E-state index contributed by atoms with van der Waals surface area (Å²) < 4.78 is 62.0. The molecule has 30 heavy (non-hydrogen) atoms. The number of halogens is 4. The molecule has 1 N–H and O–H groups in total. The Kier molecular flexibility index (Phi) is 5.00. The summed E-state index contributed by atoms with van der Waals surface area (Å²) in [5.41, 5.74) is -0.526. The first-order valence-corrected chi connectivity index (χ1v) is 10.1.